The Morgan fingerprint density at radius 1 is 0.946 bits per heavy atom. The van der Waals surface area contributed by atoms with Gasteiger partial charge in [-0.1, -0.05) is 30.3 Å². The van der Waals surface area contributed by atoms with Crippen molar-refractivity contribution in [1.82, 2.24) is 14.7 Å². The Morgan fingerprint density at radius 3 is 2.43 bits per heavy atom. The molecule has 0 bridgehead atoms. The highest BCUT2D eigenvalue weighted by atomic mass is 19.1. The summed E-state index contributed by atoms with van der Waals surface area (Å²) in [6, 6.07) is 26.6. The molecule has 0 N–H and O–H groups in total. The number of rotatable bonds is 8. The minimum absolute atomic E-state index is 0.205. The average molecular weight is 496 g/mol. The second-order valence-corrected chi connectivity index (χ2v) is 8.78. The third kappa shape index (κ3) is 5.46. The number of carbonyl (C=O) groups is 1. The van der Waals surface area contributed by atoms with Gasteiger partial charge in [0.05, 0.1) is 36.3 Å². The first-order valence-corrected chi connectivity index (χ1v) is 11.9. The summed E-state index contributed by atoms with van der Waals surface area (Å²) in [5.41, 5.74) is 3.76. The van der Waals surface area contributed by atoms with Crippen molar-refractivity contribution >= 4 is 5.91 Å². The third-order valence-corrected chi connectivity index (χ3v) is 6.00. The van der Waals surface area contributed by atoms with Gasteiger partial charge in [0.1, 0.15) is 17.3 Å². The highest BCUT2D eigenvalue weighted by molar-refractivity contribution is 5.94. The lowest BCUT2D eigenvalue weighted by molar-refractivity contribution is 0.0716. The van der Waals surface area contributed by atoms with E-state index in [1.807, 2.05) is 74.5 Å². The van der Waals surface area contributed by atoms with Crippen LogP contribution in [0.5, 0.6) is 11.6 Å². The number of amides is 1. The number of nitrogens with zero attached hydrogens (tertiary/aromatic N) is 3. The maximum atomic E-state index is 13.6. The molecule has 37 heavy (non-hydrogen) atoms. The molecular weight excluding hydrogens is 469 g/mol. The molecule has 186 valence electrons. The highest BCUT2D eigenvalue weighted by Gasteiger charge is 2.25. The quantitative estimate of drug-likeness (QED) is 0.236. The van der Waals surface area contributed by atoms with Crippen LogP contribution < -0.4 is 4.74 Å². The van der Waals surface area contributed by atoms with Gasteiger partial charge in [-0.15, -0.1) is 0 Å². The van der Waals surface area contributed by atoms with Crippen LogP contribution in [0.25, 0.3) is 5.69 Å². The van der Waals surface area contributed by atoms with Crippen molar-refractivity contribution in [3.05, 3.63) is 131 Å². The van der Waals surface area contributed by atoms with Crippen molar-refractivity contribution in [2.45, 2.75) is 26.9 Å². The molecular formula is C30H26FN3O3. The van der Waals surface area contributed by atoms with Crippen LogP contribution in [0, 0.1) is 19.7 Å². The summed E-state index contributed by atoms with van der Waals surface area (Å²) in [6.45, 7) is 4.32. The predicted octanol–water partition coefficient (Wildman–Crippen LogP) is 6.86. The lowest BCUT2D eigenvalue weighted by Gasteiger charge is -2.22. The first-order valence-electron chi connectivity index (χ1n) is 11.9. The molecule has 6 nitrogen and oxygen atoms in total. The fraction of sp³-hybridized carbons (Fsp3) is 0.133. The fourth-order valence-corrected chi connectivity index (χ4v) is 4.12. The van der Waals surface area contributed by atoms with E-state index in [4.69, 9.17) is 14.3 Å². The Balaban J connectivity index is 1.57. The normalized spacial score (nSPS) is 10.9. The molecule has 0 aliphatic heterocycles. The first kappa shape index (κ1) is 24.1. The number of aryl methyl sites for hydroxylation is 2. The van der Waals surface area contributed by atoms with E-state index >= 15 is 0 Å². The van der Waals surface area contributed by atoms with E-state index in [-0.39, 0.29) is 19.0 Å². The van der Waals surface area contributed by atoms with Gasteiger partial charge in [-0.25, -0.2) is 9.07 Å². The van der Waals surface area contributed by atoms with Crippen LogP contribution in [-0.4, -0.2) is 20.6 Å². The van der Waals surface area contributed by atoms with E-state index in [2.05, 4.69) is 0 Å². The molecule has 0 saturated carbocycles. The van der Waals surface area contributed by atoms with Gasteiger partial charge in [0, 0.05) is 5.56 Å². The largest absolute Gasteiger partial charge is 0.467 e. The molecule has 0 atom stereocenters. The van der Waals surface area contributed by atoms with Gasteiger partial charge in [0.2, 0.25) is 5.88 Å². The molecule has 0 aliphatic rings. The van der Waals surface area contributed by atoms with Crippen molar-refractivity contribution in [2.24, 2.45) is 0 Å². The van der Waals surface area contributed by atoms with Crippen molar-refractivity contribution in [3.63, 3.8) is 0 Å². The van der Waals surface area contributed by atoms with Gasteiger partial charge in [0.15, 0.2) is 0 Å². The zero-order valence-electron chi connectivity index (χ0n) is 20.6. The van der Waals surface area contributed by atoms with E-state index in [1.54, 1.807) is 21.9 Å². The molecule has 3 aromatic carbocycles. The number of hydrogen-bond donors (Lipinski definition) is 0. The number of aromatic nitrogens is 2. The zero-order chi connectivity index (χ0) is 25.8. The van der Waals surface area contributed by atoms with Gasteiger partial charge in [-0.3, -0.25) is 4.79 Å². The second-order valence-electron chi connectivity index (χ2n) is 8.78. The topological polar surface area (TPSA) is 60.5 Å². The molecule has 0 aliphatic carbocycles. The molecule has 0 spiro atoms. The zero-order valence-corrected chi connectivity index (χ0v) is 20.6. The van der Waals surface area contributed by atoms with Gasteiger partial charge >= 0.3 is 0 Å². The summed E-state index contributed by atoms with van der Waals surface area (Å²) in [7, 11) is 0. The Hall–Kier alpha value is -4.65. The summed E-state index contributed by atoms with van der Waals surface area (Å²) in [4.78, 5) is 15.2. The summed E-state index contributed by atoms with van der Waals surface area (Å²) in [6.07, 6.45) is 1.57. The molecule has 0 unspecified atom stereocenters. The summed E-state index contributed by atoms with van der Waals surface area (Å²) in [5.74, 6) is 1.16. The molecule has 0 saturated heterocycles. The minimum Gasteiger partial charge on any atom is -0.467 e. The van der Waals surface area contributed by atoms with Crippen LogP contribution >= 0.6 is 0 Å². The summed E-state index contributed by atoms with van der Waals surface area (Å²) >= 11 is 0. The lowest BCUT2D eigenvalue weighted by Crippen LogP contribution is -2.30. The van der Waals surface area contributed by atoms with E-state index in [0.717, 1.165) is 22.5 Å². The maximum absolute atomic E-state index is 13.6. The number of hydrogen-bond acceptors (Lipinski definition) is 4. The molecule has 0 fully saturated rings. The predicted molar refractivity (Wildman–Crippen MR) is 138 cm³/mol. The van der Waals surface area contributed by atoms with Crippen LogP contribution in [-0.2, 0) is 13.1 Å². The lowest BCUT2D eigenvalue weighted by atomic mass is 10.1. The number of ether oxygens (including phenoxy) is 1. The van der Waals surface area contributed by atoms with Crippen LogP contribution in [0.2, 0.25) is 0 Å². The Kier molecular flexibility index (Phi) is 6.85. The van der Waals surface area contributed by atoms with Crippen molar-refractivity contribution in [3.8, 4) is 17.3 Å². The average Bonchev–Trinajstić information content (AvgIpc) is 3.52. The highest BCUT2D eigenvalue weighted by Crippen LogP contribution is 2.32. The van der Waals surface area contributed by atoms with Crippen LogP contribution in [0.1, 0.15) is 32.9 Å². The van der Waals surface area contributed by atoms with Gasteiger partial charge in [0.25, 0.3) is 5.91 Å². The molecule has 5 aromatic rings. The number of halogens is 1. The van der Waals surface area contributed by atoms with E-state index in [1.165, 1.54) is 24.3 Å². The molecule has 5 rings (SSSR count). The van der Waals surface area contributed by atoms with E-state index in [0.29, 0.717) is 23.0 Å². The molecule has 7 heteroatoms. The third-order valence-electron chi connectivity index (χ3n) is 6.00. The van der Waals surface area contributed by atoms with Crippen molar-refractivity contribution < 1.29 is 18.3 Å². The Labute approximate surface area is 214 Å². The summed E-state index contributed by atoms with van der Waals surface area (Å²) < 4.78 is 27.3. The Bertz CT molecular complexity index is 1490. The minimum atomic E-state index is -0.400. The maximum Gasteiger partial charge on any atom is 0.254 e. The van der Waals surface area contributed by atoms with Crippen molar-refractivity contribution in [1.29, 1.82) is 0 Å². The fourth-order valence-electron chi connectivity index (χ4n) is 4.12. The molecule has 0 radical (unpaired) electrons. The second kappa shape index (κ2) is 10.5. The summed E-state index contributed by atoms with van der Waals surface area (Å²) in [5, 5.41) is 4.77. The SMILES string of the molecule is Cc1cccc(Oc2c(CN(Cc3ccco3)C(=O)c3ccc(F)cc3)c(C)nn2-c2ccccc2)c1. The smallest absolute Gasteiger partial charge is 0.254 e. The van der Waals surface area contributed by atoms with Gasteiger partial charge < -0.3 is 14.1 Å². The van der Waals surface area contributed by atoms with Crippen LogP contribution in [0.3, 0.4) is 0 Å². The van der Waals surface area contributed by atoms with E-state index in [9.17, 15) is 9.18 Å². The van der Waals surface area contributed by atoms with Gasteiger partial charge in [-0.2, -0.15) is 5.10 Å². The van der Waals surface area contributed by atoms with Crippen LogP contribution in [0.4, 0.5) is 4.39 Å². The van der Waals surface area contributed by atoms with E-state index < -0.39 is 5.82 Å². The van der Waals surface area contributed by atoms with Crippen LogP contribution in [0.15, 0.2) is 102 Å². The number of furan rings is 1. The molecule has 2 heterocycles. The number of para-hydroxylation sites is 1. The number of benzene rings is 3. The number of carbonyl (C=O) groups excluding carboxylic acids is 1. The first-order chi connectivity index (χ1) is 18.0. The van der Waals surface area contributed by atoms with Crippen molar-refractivity contribution in [2.75, 3.05) is 0 Å². The van der Waals surface area contributed by atoms with Gasteiger partial charge in [-0.05, 0) is 80.1 Å². The standard InChI is InChI=1S/C30H26FN3O3/c1-21-8-6-11-26(18-21)37-30-28(22(2)32-34(30)25-9-4-3-5-10-25)20-33(19-27-12-7-17-36-27)29(35)23-13-15-24(31)16-14-23/h3-18H,19-20H2,1-2H3. The Morgan fingerprint density at radius 2 is 1.73 bits per heavy atom. The monoisotopic (exact) mass is 495 g/mol. The molecule has 2 aromatic heterocycles. The molecule has 1 amide bonds.